The molecular weight excluding hydrogens is 276 g/mol. The predicted octanol–water partition coefficient (Wildman–Crippen LogP) is 1.32. The summed E-state index contributed by atoms with van der Waals surface area (Å²) in [6, 6.07) is 7.87. The molecule has 9 heteroatoms. The molecule has 0 radical (unpaired) electrons. The third kappa shape index (κ3) is 2.76. The molecule has 3 rings (SSSR count). The van der Waals surface area contributed by atoms with Crippen LogP contribution >= 0.6 is 0 Å². The minimum Gasteiger partial charge on any atom is -0.497 e. The van der Waals surface area contributed by atoms with Gasteiger partial charge < -0.3 is 20.3 Å². The number of anilines is 2. The number of hydrogen-bond acceptors (Lipinski definition) is 9. The number of aromatic nitrogens is 4. The SMILES string of the molecule is COc1cccc(CNc2nc(-c3nonc3N)no2)c1. The average molecular weight is 288 g/mol. The predicted molar refractivity (Wildman–Crippen MR) is 72.3 cm³/mol. The van der Waals surface area contributed by atoms with Crippen molar-refractivity contribution in [1.29, 1.82) is 0 Å². The van der Waals surface area contributed by atoms with E-state index in [0.29, 0.717) is 6.54 Å². The Morgan fingerprint density at radius 3 is 2.95 bits per heavy atom. The van der Waals surface area contributed by atoms with Crippen molar-refractivity contribution in [2.45, 2.75) is 6.54 Å². The van der Waals surface area contributed by atoms with Crippen LogP contribution in [0.2, 0.25) is 0 Å². The summed E-state index contributed by atoms with van der Waals surface area (Å²) in [5.41, 5.74) is 6.81. The van der Waals surface area contributed by atoms with Gasteiger partial charge in [0.25, 0.3) is 0 Å². The minimum atomic E-state index is 0.107. The lowest BCUT2D eigenvalue weighted by atomic mass is 10.2. The number of nitrogens with two attached hydrogens (primary N) is 1. The Morgan fingerprint density at radius 1 is 1.29 bits per heavy atom. The van der Waals surface area contributed by atoms with E-state index in [4.69, 9.17) is 15.0 Å². The first-order valence-corrected chi connectivity index (χ1v) is 6.05. The van der Waals surface area contributed by atoms with Gasteiger partial charge in [-0.05, 0) is 28.0 Å². The molecule has 0 fully saturated rings. The van der Waals surface area contributed by atoms with Crippen molar-refractivity contribution < 1.29 is 13.9 Å². The Morgan fingerprint density at radius 2 is 2.19 bits per heavy atom. The number of methoxy groups -OCH3 is 1. The van der Waals surface area contributed by atoms with Gasteiger partial charge in [-0.15, -0.1) is 0 Å². The summed E-state index contributed by atoms with van der Waals surface area (Å²) in [5.74, 6) is 1.10. The van der Waals surface area contributed by atoms with Gasteiger partial charge in [0.1, 0.15) is 5.75 Å². The van der Waals surface area contributed by atoms with Gasteiger partial charge in [-0.1, -0.05) is 17.3 Å². The van der Waals surface area contributed by atoms with Gasteiger partial charge in [0.2, 0.25) is 5.82 Å². The Bertz CT molecular complexity index is 738. The molecular formula is C12H12N6O3. The van der Waals surface area contributed by atoms with Gasteiger partial charge in [-0.3, -0.25) is 0 Å². The lowest BCUT2D eigenvalue weighted by Gasteiger charge is -2.04. The van der Waals surface area contributed by atoms with E-state index in [-0.39, 0.29) is 23.4 Å². The topological polar surface area (TPSA) is 125 Å². The molecule has 2 aromatic heterocycles. The second-order valence-electron chi connectivity index (χ2n) is 4.13. The van der Waals surface area contributed by atoms with Crippen LogP contribution in [0.3, 0.4) is 0 Å². The van der Waals surface area contributed by atoms with Crippen LogP contribution in [-0.2, 0) is 6.54 Å². The molecule has 3 N–H and O–H groups in total. The van der Waals surface area contributed by atoms with E-state index in [2.05, 4.69) is 30.4 Å². The van der Waals surface area contributed by atoms with Crippen LogP contribution < -0.4 is 15.8 Å². The number of nitrogens with one attached hydrogen (secondary N) is 1. The Balaban J connectivity index is 1.69. The fourth-order valence-electron chi connectivity index (χ4n) is 1.70. The van der Waals surface area contributed by atoms with Crippen LogP contribution in [0.5, 0.6) is 5.75 Å². The maximum atomic E-state index is 5.56. The van der Waals surface area contributed by atoms with Gasteiger partial charge >= 0.3 is 6.01 Å². The van der Waals surface area contributed by atoms with E-state index >= 15 is 0 Å². The zero-order chi connectivity index (χ0) is 14.7. The summed E-state index contributed by atoms with van der Waals surface area (Å²) >= 11 is 0. The Labute approximate surface area is 119 Å². The molecule has 1 aromatic carbocycles. The van der Waals surface area contributed by atoms with Crippen molar-refractivity contribution in [3.63, 3.8) is 0 Å². The zero-order valence-electron chi connectivity index (χ0n) is 11.1. The van der Waals surface area contributed by atoms with Crippen molar-refractivity contribution in [2.24, 2.45) is 0 Å². The van der Waals surface area contributed by atoms with E-state index in [1.165, 1.54) is 0 Å². The second kappa shape index (κ2) is 5.49. The molecule has 2 heterocycles. The number of ether oxygens (including phenoxy) is 1. The average Bonchev–Trinajstić information content (AvgIpc) is 3.14. The van der Waals surface area contributed by atoms with Gasteiger partial charge in [-0.25, -0.2) is 4.63 Å². The number of nitrogen functional groups attached to an aromatic ring is 1. The molecule has 0 atom stereocenters. The largest absolute Gasteiger partial charge is 0.497 e. The van der Waals surface area contributed by atoms with Crippen LogP contribution in [0.15, 0.2) is 33.4 Å². The van der Waals surface area contributed by atoms with Gasteiger partial charge in [0.15, 0.2) is 11.5 Å². The molecule has 0 saturated carbocycles. The van der Waals surface area contributed by atoms with Crippen LogP contribution in [0.1, 0.15) is 5.56 Å². The van der Waals surface area contributed by atoms with Gasteiger partial charge in [0.05, 0.1) is 7.11 Å². The number of rotatable bonds is 5. The normalized spacial score (nSPS) is 10.5. The molecule has 9 nitrogen and oxygen atoms in total. The van der Waals surface area contributed by atoms with Crippen molar-refractivity contribution >= 4 is 11.8 Å². The highest BCUT2D eigenvalue weighted by molar-refractivity contribution is 5.62. The van der Waals surface area contributed by atoms with Crippen LogP contribution in [0, 0.1) is 0 Å². The summed E-state index contributed by atoms with van der Waals surface area (Å²) < 4.78 is 14.7. The molecule has 0 aliphatic rings. The maximum Gasteiger partial charge on any atom is 0.322 e. The quantitative estimate of drug-likeness (QED) is 0.714. The molecule has 0 spiro atoms. The first kappa shape index (κ1) is 12.9. The first-order chi connectivity index (χ1) is 10.3. The van der Waals surface area contributed by atoms with Crippen molar-refractivity contribution in [2.75, 3.05) is 18.2 Å². The molecule has 0 aliphatic carbocycles. The summed E-state index contributed by atoms with van der Waals surface area (Å²) in [5, 5.41) is 13.8. The highest BCUT2D eigenvalue weighted by atomic mass is 16.6. The molecule has 108 valence electrons. The molecule has 0 unspecified atom stereocenters. The monoisotopic (exact) mass is 288 g/mol. The van der Waals surface area contributed by atoms with E-state index < -0.39 is 0 Å². The summed E-state index contributed by atoms with van der Waals surface area (Å²) in [6.07, 6.45) is 0. The van der Waals surface area contributed by atoms with Crippen LogP contribution in [0.25, 0.3) is 11.5 Å². The number of hydrogen-bond donors (Lipinski definition) is 2. The molecule has 0 amide bonds. The van der Waals surface area contributed by atoms with Crippen molar-refractivity contribution in [3.8, 4) is 17.3 Å². The maximum absolute atomic E-state index is 5.56. The minimum absolute atomic E-state index is 0.107. The van der Waals surface area contributed by atoms with Crippen LogP contribution in [0.4, 0.5) is 11.8 Å². The van der Waals surface area contributed by atoms with E-state index in [9.17, 15) is 0 Å². The Hall–Kier alpha value is -3.10. The fourth-order valence-corrected chi connectivity index (χ4v) is 1.70. The molecule has 0 bridgehead atoms. The summed E-state index contributed by atoms with van der Waals surface area (Å²) in [6.45, 7) is 0.505. The Kier molecular flexibility index (Phi) is 3.37. The van der Waals surface area contributed by atoms with E-state index in [1.54, 1.807) is 7.11 Å². The summed E-state index contributed by atoms with van der Waals surface area (Å²) in [4.78, 5) is 4.11. The molecule has 0 saturated heterocycles. The third-order valence-electron chi connectivity index (χ3n) is 2.73. The lowest BCUT2D eigenvalue weighted by Crippen LogP contribution is -2.00. The lowest BCUT2D eigenvalue weighted by molar-refractivity contribution is 0.310. The second-order valence-corrected chi connectivity index (χ2v) is 4.13. The molecule has 3 aromatic rings. The van der Waals surface area contributed by atoms with Gasteiger partial charge in [-0.2, -0.15) is 4.98 Å². The molecule has 21 heavy (non-hydrogen) atoms. The summed E-state index contributed by atoms with van der Waals surface area (Å²) in [7, 11) is 1.62. The third-order valence-corrected chi connectivity index (χ3v) is 2.73. The molecule has 0 aliphatic heterocycles. The van der Waals surface area contributed by atoms with Crippen molar-refractivity contribution in [1.82, 2.24) is 20.5 Å². The first-order valence-electron chi connectivity index (χ1n) is 6.05. The highest BCUT2D eigenvalue weighted by Crippen LogP contribution is 2.20. The van der Waals surface area contributed by atoms with Crippen molar-refractivity contribution in [3.05, 3.63) is 29.8 Å². The standard InChI is InChI=1S/C12H12N6O3/c1-19-8-4-2-3-7(5-8)6-14-12-15-11(18-20-12)9-10(13)17-21-16-9/h2-5H,6H2,1H3,(H2,13,17)(H,14,15,18). The van der Waals surface area contributed by atoms with Gasteiger partial charge in [0, 0.05) is 6.54 Å². The van der Waals surface area contributed by atoms with E-state index in [0.717, 1.165) is 11.3 Å². The van der Waals surface area contributed by atoms with E-state index in [1.807, 2.05) is 24.3 Å². The smallest absolute Gasteiger partial charge is 0.322 e. The van der Waals surface area contributed by atoms with Crippen LogP contribution in [-0.4, -0.2) is 27.6 Å². The highest BCUT2D eigenvalue weighted by Gasteiger charge is 2.16. The number of benzene rings is 1. The number of nitrogens with zero attached hydrogens (tertiary/aromatic N) is 4. The zero-order valence-corrected chi connectivity index (χ0v) is 11.1. The fraction of sp³-hybridized carbons (Fsp3) is 0.167.